The van der Waals surface area contributed by atoms with Crippen molar-refractivity contribution in [2.24, 2.45) is 14.1 Å². The Morgan fingerprint density at radius 2 is 1.74 bits per heavy atom. The van der Waals surface area contributed by atoms with Crippen LogP contribution < -0.4 is 11.2 Å². The van der Waals surface area contributed by atoms with Crippen LogP contribution in [0.5, 0.6) is 0 Å². The van der Waals surface area contributed by atoms with Crippen LogP contribution >= 0.6 is 0 Å². The van der Waals surface area contributed by atoms with Crippen molar-refractivity contribution in [3.8, 4) is 11.3 Å². The number of nitrogens with zero attached hydrogens (tertiary/aromatic N) is 4. The lowest BCUT2D eigenvalue weighted by atomic mass is 9.97. The maximum Gasteiger partial charge on any atom is 0.331 e. The number of aryl methyl sites for hydroxylation is 2. The van der Waals surface area contributed by atoms with Crippen LogP contribution in [0.1, 0.15) is 36.8 Å². The summed E-state index contributed by atoms with van der Waals surface area (Å²) in [6, 6.07) is 14.2. The van der Waals surface area contributed by atoms with Crippen molar-refractivity contribution in [2.45, 2.75) is 32.4 Å². The van der Waals surface area contributed by atoms with Crippen LogP contribution in [0.2, 0.25) is 0 Å². The fraction of sp³-hybridized carbons (Fsp3) is 0.308. The van der Waals surface area contributed by atoms with Gasteiger partial charge < -0.3 is 9.30 Å². The van der Waals surface area contributed by atoms with Crippen LogP contribution in [0.3, 0.4) is 0 Å². The monoisotopic (exact) mass is 474 g/mol. The van der Waals surface area contributed by atoms with Crippen molar-refractivity contribution in [2.75, 3.05) is 6.61 Å². The molecule has 0 saturated heterocycles. The molecule has 5 rings (SSSR count). The first-order chi connectivity index (χ1) is 16.5. The zero-order valence-electron chi connectivity index (χ0n) is 20.2. The topological polar surface area (TPSA) is 101 Å². The van der Waals surface area contributed by atoms with Crippen molar-refractivity contribution in [3.63, 3.8) is 0 Å². The lowest BCUT2D eigenvalue weighted by Crippen LogP contribution is -2.40. The highest BCUT2D eigenvalue weighted by Gasteiger charge is 2.41. The Morgan fingerprint density at radius 3 is 2.40 bits per heavy atom. The number of nitro groups is 1. The Bertz CT molecular complexity index is 1620. The van der Waals surface area contributed by atoms with E-state index in [0.29, 0.717) is 34.5 Å². The van der Waals surface area contributed by atoms with E-state index in [1.165, 1.54) is 23.7 Å². The minimum absolute atomic E-state index is 0.0538. The zero-order chi connectivity index (χ0) is 25.2. The van der Waals surface area contributed by atoms with Gasteiger partial charge in [-0.15, -0.1) is 0 Å². The molecule has 1 atom stereocenters. The Kier molecular flexibility index (Phi) is 5.06. The third-order valence-corrected chi connectivity index (χ3v) is 6.77. The summed E-state index contributed by atoms with van der Waals surface area (Å²) in [4.78, 5) is 37.6. The van der Waals surface area contributed by atoms with Gasteiger partial charge in [0.05, 0.1) is 39.4 Å². The summed E-state index contributed by atoms with van der Waals surface area (Å²) < 4.78 is 11.0. The third kappa shape index (κ3) is 3.34. The number of rotatable bonds is 3. The largest absolute Gasteiger partial charge is 0.365 e. The Balaban J connectivity index is 1.98. The molecule has 0 saturated carbocycles. The summed E-state index contributed by atoms with van der Waals surface area (Å²) in [6.07, 6.45) is -0.706. The van der Waals surface area contributed by atoms with E-state index in [1.807, 2.05) is 45.0 Å². The lowest BCUT2D eigenvalue weighted by molar-refractivity contribution is -0.385. The van der Waals surface area contributed by atoms with Gasteiger partial charge in [-0.25, -0.2) is 4.79 Å². The summed E-state index contributed by atoms with van der Waals surface area (Å²) in [7, 11) is 3.11. The van der Waals surface area contributed by atoms with Crippen molar-refractivity contribution < 1.29 is 9.66 Å². The van der Waals surface area contributed by atoms with Gasteiger partial charge in [0, 0.05) is 26.2 Å². The van der Waals surface area contributed by atoms with Crippen LogP contribution in [0, 0.1) is 17.0 Å². The van der Waals surface area contributed by atoms with Gasteiger partial charge in [0.2, 0.25) is 0 Å². The van der Waals surface area contributed by atoms with E-state index >= 15 is 0 Å². The second-order valence-electron chi connectivity index (χ2n) is 9.72. The molecule has 3 heterocycles. The first-order valence-corrected chi connectivity index (χ1v) is 11.3. The van der Waals surface area contributed by atoms with Gasteiger partial charge in [-0.2, -0.15) is 0 Å². The van der Waals surface area contributed by atoms with Crippen molar-refractivity contribution >= 4 is 16.6 Å². The molecule has 1 aliphatic rings. The molecule has 0 aliphatic carbocycles. The molecule has 2 aromatic heterocycles. The van der Waals surface area contributed by atoms with E-state index in [-0.39, 0.29) is 5.69 Å². The maximum absolute atomic E-state index is 13.6. The van der Waals surface area contributed by atoms with E-state index in [4.69, 9.17) is 4.74 Å². The molecule has 180 valence electrons. The molecular weight excluding hydrogens is 448 g/mol. The van der Waals surface area contributed by atoms with Crippen molar-refractivity contribution in [3.05, 3.63) is 96.3 Å². The molecule has 0 radical (unpaired) electrons. The number of benzene rings is 2. The molecule has 0 spiro atoms. The van der Waals surface area contributed by atoms with Gasteiger partial charge in [-0.05, 0) is 31.9 Å². The first-order valence-electron chi connectivity index (χ1n) is 11.3. The summed E-state index contributed by atoms with van der Waals surface area (Å²) in [6.45, 7) is 6.33. The maximum atomic E-state index is 13.6. The van der Waals surface area contributed by atoms with E-state index in [2.05, 4.69) is 4.57 Å². The first kappa shape index (κ1) is 22.8. The van der Waals surface area contributed by atoms with Crippen LogP contribution in [0.25, 0.3) is 22.2 Å². The molecule has 4 aromatic rings. The highest BCUT2D eigenvalue weighted by atomic mass is 16.6. The van der Waals surface area contributed by atoms with Crippen LogP contribution in [0.15, 0.2) is 58.1 Å². The zero-order valence-corrected chi connectivity index (χ0v) is 20.2. The Labute approximate surface area is 201 Å². The van der Waals surface area contributed by atoms with Gasteiger partial charge in [-0.1, -0.05) is 42.0 Å². The van der Waals surface area contributed by atoms with Gasteiger partial charge in [0.1, 0.15) is 6.10 Å². The van der Waals surface area contributed by atoms with Crippen LogP contribution in [-0.4, -0.2) is 25.2 Å². The number of fused-ring (bicyclic) bond motifs is 3. The lowest BCUT2D eigenvalue weighted by Gasteiger charge is -2.39. The number of aromatic nitrogens is 3. The minimum atomic E-state index is -0.706. The van der Waals surface area contributed by atoms with Gasteiger partial charge >= 0.3 is 5.69 Å². The molecule has 9 nitrogen and oxygen atoms in total. The SMILES string of the molecule is Cc1ccc(-c2c3c(=O)n(C)c(=O)n(C)c3c3n2C(C)(C)CO[C@@H]3c2cccc([N+](=O)[O-])c2)cc1. The molecule has 0 N–H and O–H groups in total. The predicted molar refractivity (Wildman–Crippen MR) is 133 cm³/mol. The van der Waals surface area contributed by atoms with Crippen LogP contribution in [0.4, 0.5) is 5.69 Å². The second kappa shape index (κ2) is 7.78. The molecular formula is C26H26N4O5. The minimum Gasteiger partial charge on any atom is -0.365 e. The molecule has 1 aliphatic heterocycles. The Morgan fingerprint density at radius 1 is 1.06 bits per heavy atom. The average molecular weight is 475 g/mol. The summed E-state index contributed by atoms with van der Waals surface area (Å²) in [5.41, 5.74) is 2.85. The number of non-ortho nitro benzene ring substituents is 1. The fourth-order valence-corrected chi connectivity index (χ4v) is 5.04. The van der Waals surface area contributed by atoms with Crippen LogP contribution in [-0.2, 0) is 24.4 Å². The smallest absolute Gasteiger partial charge is 0.331 e. The second-order valence-corrected chi connectivity index (χ2v) is 9.72. The fourth-order valence-electron chi connectivity index (χ4n) is 5.04. The summed E-state index contributed by atoms with van der Waals surface area (Å²) >= 11 is 0. The van der Waals surface area contributed by atoms with E-state index in [9.17, 15) is 19.7 Å². The highest BCUT2D eigenvalue weighted by molar-refractivity contribution is 5.96. The standard InChI is InChI=1S/C26H26N4O5/c1-15-9-11-16(12-10-15)20-19-21(27(4)25(32)28(5)24(19)31)22-23(35-14-26(2,3)29(20)22)17-7-6-8-18(13-17)30(33)34/h6-13,23H,14H2,1-5H3/t23-/m1/s1. The molecule has 0 bridgehead atoms. The normalized spacial score (nSPS) is 16.9. The van der Waals surface area contributed by atoms with Gasteiger partial charge in [0.15, 0.2) is 0 Å². The predicted octanol–water partition coefficient (Wildman–Crippen LogP) is 3.78. The molecule has 0 fully saturated rings. The molecule has 2 aromatic carbocycles. The summed E-state index contributed by atoms with van der Waals surface area (Å²) in [5.74, 6) is 0. The van der Waals surface area contributed by atoms with E-state index < -0.39 is 27.8 Å². The third-order valence-electron chi connectivity index (χ3n) is 6.77. The van der Waals surface area contributed by atoms with Crippen molar-refractivity contribution in [1.29, 1.82) is 0 Å². The number of hydrogen-bond donors (Lipinski definition) is 0. The van der Waals surface area contributed by atoms with Crippen molar-refractivity contribution in [1.82, 2.24) is 13.7 Å². The van der Waals surface area contributed by atoms with Gasteiger partial charge in [-0.3, -0.25) is 24.0 Å². The quantitative estimate of drug-likeness (QED) is 0.332. The number of ether oxygens (including phenoxy) is 1. The highest BCUT2D eigenvalue weighted by Crippen LogP contribution is 2.45. The van der Waals surface area contributed by atoms with E-state index in [0.717, 1.165) is 15.7 Å². The van der Waals surface area contributed by atoms with Gasteiger partial charge in [0.25, 0.3) is 11.2 Å². The number of nitro benzene ring substituents is 1. The van der Waals surface area contributed by atoms with E-state index in [1.54, 1.807) is 19.2 Å². The number of hydrogen-bond acceptors (Lipinski definition) is 5. The molecule has 0 amide bonds. The average Bonchev–Trinajstić information content (AvgIpc) is 3.19. The summed E-state index contributed by atoms with van der Waals surface area (Å²) in [5, 5.41) is 11.9. The molecule has 9 heteroatoms. The molecule has 35 heavy (non-hydrogen) atoms. The Hall–Kier alpha value is -3.98. The molecule has 0 unspecified atom stereocenters.